The van der Waals surface area contributed by atoms with Gasteiger partial charge in [-0.3, -0.25) is 4.79 Å². The van der Waals surface area contributed by atoms with Crippen molar-refractivity contribution < 1.29 is 9.53 Å². The first-order chi connectivity index (χ1) is 16.5. The van der Waals surface area contributed by atoms with Gasteiger partial charge in [-0.2, -0.15) is 0 Å². The minimum Gasteiger partial charge on any atom is -0.494 e. The van der Waals surface area contributed by atoms with Crippen molar-refractivity contribution in [1.82, 2.24) is 20.6 Å². The molecule has 1 amide bonds. The number of anilines is 1. The first kappa shape index (κ1) is 24.7. The number of hydrogen-bond acceptors (Lipinski definition) is 6. The van der Waals surface area contributed by atoms with Crippen LogP contribution < -0.4 is 20.3 Å². The lowest BCUT2D eigenvalue weighted by Crippen LogP contribution is -2.34. The summed E-state index contributed by atoms with van der Waals surface area (Å²) in [5, 5.41) is 7.02. The lowest BCUT2D eigenvalue weighted by Gasteiger charge is -2.32. The summed E-state index contributed by atoms with van der Waals surface area (Å²) in [6.45, 7) is 9.39. The maximum atomic E-state index is 12.7. The van der Waals surface area contributed by atoms with E-state index in [9.17, 15) is 4.79 Å². The van der Waals surface area contributed by atoms with Crippen LogP contribution >= 0.6 is 11.6 Å². The Morgan fingerprint density at radius 3 is 2.50 bits per heavy atom. The molecule has 2 aromatic rings. The van der Waals surface area contributed by atoms with Crippen molar-refractivity contribution in [3.63, 3.8) is 0 Å². The standard InChI is InChI=1S/C26H36ClN5O2/c1-18-12-23(13-19(2)24(18)25(33)29-15-21-5-8-28-14-21)34-11-3-4-20-6-9-32(10-7-20)26-30-16-22(27)17-31-26/h12-13,16-17,20-21,28H,3-11,14-15H2,1-2H3,(H,29,33)/t21-/m1/s1. The molecule has 1 atom stereocenters. The molecule has 0 unspecified atom stereocenters. The Morgan fingerprint density at radius 1 is 1.15 bits per heavy atom. The zero-order chi connectivity index (χ0) is 23.9. The predicted octanol–water partition coefficient (Wildman–Crippen LogP) is 4.16. The van der Waals surface area contributed by atoms with Crippen LogP contribution in [-0.4, -0.2) is 55.2 Å². The van der Waals surface area contributed by atoms with Gasteiger partial charge in [0.05, 0.1) is 24.0 Å². The lowest BCUT2D eigenvalue weighted by atomic mass is 9.92. The number of piperidine rings is 1. The van der Waals surface area contributed by atoms with Gasteiger partial charge in [-0.1, -0.05) is 11.6 Å². The molecule has 2 aliphatic rings. The van der Waals surface area contributed by atoms with Gasteiger partial charge in [0.25, 0.3) is 5.91 Å². The third-order valence-electron chi connectivity index (χ3n) is 6.98. The first-order valence-corrected chi connectivity index (χ1v) is 12.8. The fourth-order valence-corrected chi connectivity index (χ4v) is 5.13. The summed E-state index contributed by atoms with van der Waals surface area (Å²) in [7, 11) is 0. The van der Waals surface area contributed by atoms with Crippen molar-refractivity contribution >= 4 is 23.5 Å². The number of benzene rings is 1. The van der Waals surface area contributed by atoms with Gasteiger partial charge in [0, 0.05) is 25.2 Å². The minimum absolute atomic E-state index is 0.0174. The highest BCUT2D eigenvalue weighted by atomic mass is 35.5. The molecule has 2 N–H and O–H groups in total. The molecular formula is C26H36ClN5O2. The lowest BCUT2D eigenvalue weighted by molar-refractivity contribution is 0.0947. The highest BCUT2D eigenvalue weighted by Crippen LogP contribution is 2.26. The summed E-state index contributed by atoms with van der Waals surface area (Å²) >= 11 is 5.89. The topological polar surface area (TPSA) is 79.4 Å². The Balaban J connectivity index is 1.18. The van der Waals surface area contributed by atoms with Crippen molar-refractivity contribution in [2.24, 2.45) is 11.8 Å². The van der Waals surface area contributed by atoms with Crippen molar-refractivity contribution in [2.75, 3.05) is 44.2 Å². The van der Waals surface area contributed by atoms with Crippen LogP contribution in [0.5, 0.6) is 5.75 Å². The zero-order valence-corrected chi connectivity index (χ0v) is 21.0. The Kier molecular flexibility index (Phi) is 8.62. The maximum absolute atomic E-state index is 12.7. The predicted molar refractivity (Wildman–Crippen MR) is 136 cm³/mol. The number of halogens is 1. The van der Waals surface area contributed by atoms with E-state index < -0.39 is 0 Å². The summed E-state index contributed by atoms with van der Waals surface area (Å²) in [5.74, 6) is 2.87. The van der Waals surface area contributed by atoms with Crippen LogP contribution in [0.3, 0.4) is 0 Å². The van der Waals surface area contributed by atoms with Gasteiger partial charge in [-0.05, 0) is 94.1 Å². The molecule has 2 aliphatic heterocycles. The number of aromatic nitrogens is 2. The fourth-order valence-electron chi connectivity index (χ4n) is 5.03. The molecule has 0 bridgehead atoms. The Hall–Kier alpha value is -2.38. The monoisotopic (exact) mass is 485 g/mol. The number of carbonyl (C=O) groups is 1. The van der Waals surface area contributed by atoms with Crippen LogP contribution in [0.1, 0.15) is 53.6 Å². The molecule has 2 fully saturated rings. The van der Waals surface area contributed by atoms with Gasteiger partial charge < -0.3 is 20.3 Å². The highest BCUT2D eigenvalue weighted by Gasteiger charge is 2.21. The van der Waals surface area contributed by atoms with Crippen molar-refractivity contribution in [2.45, 2.75) is 46.0 Å². The molecule has 0 aliphatic carbocycles. The largest absolute Gasteiger partial charge is 0.494 e. The quantitative estimate of drug-likeness (QED) is 0.519. The van der Waals surface area contributed by atoms with Crippen molar-refractivity contribution in [3.8, 4) is 5.75 Å². The van der Waals surface area contributed by atoms with Gasteiger partial charge in [-0.15, -0.1) is 0 Å². The maximum Gasteiger partial charge on any atom is 0.251 e. The fraction of sp³-hybridized carbons (Fsp3) is 0.577. The van der Waals surface area contributed by atoms with Crippen LogP contribution in [-0.2, 0) is 0 Å². The number of nitrogens with one attached hydrogen (secondary N) is 2. The molecule has 1 aromatic heterocycles. The Morgan fingerprint density at radius 2 is 1.85 bits per heavy atom. The number of nitrogens with zero attached hydrogens (tertiary/aromatic N) is 3. The highest BCUT2D eigenvalue weighted by molar-refractivity contribution is 6.30. The molecule has 0 radical (unpaired) electrons. The SMILES string of the molecule is Cc1cc(OCCCC2CCN(c3ncc(Cl)cn3)CC2)cc(C)c1C(=O)NC[C@@H]1CCNC1. The van der Waals surface area contributed by atoms with Crippen LogP contribution in [0, 0.1) is 25.7 Å². The third-order valence-corrected chi connectivity index (χ3v) is 7.17. The van der Waals surface area contributed by atoms with Crippen molar-refractivity contribution in [1.29, 1.82) is 0 Å². The normalized spacial score (nSPS) is 18.8. The van der Waals surface area contributed by atoms with Crippen LogP contribution in [0.15, 0.2) is 24.5 Å². The van der Waals surface area contributed by atoms with Gasteiger partial charge in [0.1, 0.15) is 5.75 Å². The number of carbonyl (C=O) groups excluding carboxylic acids is 1. The number of amides is 1. The summed E-state index contributed by atoms with van der Waals surface area (Å²) in [6, 6.07) is 3.98. The van der Waals surface area contributed by atoms with E-state index in [1.54, 1.807) is 12.4 Å². The second-order valence-electron chi connectivity index (χ2n) is 9.62. The van der Waals surface area contributed by atoms with E-state index in [1.165, 1.54) is 0 Å². The third kappa shape index (κ3) is 6.60. The number of rotatable bonds is 9. The van der Waals surface area contributed by atoms with E-state index >= 15 is 0 Å². The zero-order valence-electron chi connectivity index (χ0n) is 20.3. The summed E-state index contributed by atoms with van der Waals surface area (Å²) in [5.41, 5.74) is 2.71. The minimum atomic E-state index is 0.0174. The summed E-state index contributed by atoms with van der Waals surface area (Å²) in [6.07, 6.45) is 8.91. The van der Waals surface area contributed by atoms with Gasteiger partial charge in [-0.25, -0.2) is 9.97 Å². The summed E-state index contributed by atoms with van der Waals surface area (Å²) < 4.78 is 6.05. The smallest absolute Gasteiger partial charge is 0.251 e. The van der Waals surface area contributed by atoms with E-state index in [0.717, 1.165) is 93.2 Å². The van der Waals surface area contributed by atoms with E-state index in [1.807, 2.05) is 26.0 Å². The molecule has 0 saturated carbocycles. The first-order valence-electron chi connectivity index (χ1n) is 12.4. The van der Waals surface area contributed by atoms with Gasteiger partial charge >= 0.3 is 0 Å². The van der Waals surface area contributed by atoms with Gasteiger partial charge in [0.15, 0.2) is 0 Å². The summed E-state index contributed by atoms with van der Waals surface area (Å²) in [4.78, 5) is 23.6. The van der Waals surface area contributed by atoms with Crippen molar-refractivity contribution in [3.05, 3.63) is 46.2 Å². The molecule has 1 aromatic carbocycles. The number of hydrogen-bond donors (Lipinski definition) is 2. The average Bonchev–Trinajstić information content (AvgIpc) is 3.35. The Bertz CT molecular complexity index is 931. The number of ether oxygens (including phenoxy) is 1. The molecule has 4 rings (SSSR count). The van der Waals surface area contributed by atoms with E-state index in [-0.39, 0.29) is 5.91 Å². The number of aryl methyl sites for hydroxylation is 2. The van der Waals surface area contributed by atoms with Crippen LogP contribution in [0.25, 0.3) is 0 Å². The molecule has 3 heterocycles. The molecular weight excluding hydrogens is 450 g/mol. The molecule has 2 saturated heterocycles. The van der Waals surface area contributed by atoms with E-state index in [4.69, 9.17) is 16.3 Å². The van der Waals surface area contributed by atoms with E-state index in [0.29, 0.717) is 23.5 Å². The van der Waals surface area contributed by atoms with E-state index in [2.05, 4.69) is 25.5 Å². The molecule has 34 heavy (non-hydrogen) atoms. The second-order valence-corrected chi connectivity index (χ2v) is 10.1. The average molecular weight is 486 g/mol. The molecule has 184 valence electrons. The van der Waals surface area contributed by atoms with Crippen LogP contribution in [0.4, 0.5) is 5.95 Å². The Labute approximate surface area is 207 Å². The molecule has 7 nitrogen and oxygen atoms in total. The molecule has 0 spiro atoms. The van der Waals surface area contributed by atoms with Crippen LogP contribution in [0.2, 0.25) is 5.02 Å². The second kappa shape index (κ2) is 11.8. The molecule has 8 heteroatoms. The van der Waals surface area contributed by atoms with Gasteiger partial charge in [0.2, 0.25) is 5.95 Å².